The number of fused-ring (bicyclic) bond motifs is 1. The third-order valence-corrected chi connectivity index (χ3v) is 7.38. The molecule has 0 radical (unpaired) electrons. The second kappa shape index (κ2) is 9.65. The van der Waals surface area contributed by atoms with Crippen LogP contribution in [0.3, 0.4) is 0 Å². The zero-order valence-electron chi connectivity index (χ0n) is 18.3. The van der Waals surface area contributed by atoms with Crippen LogP contribution in [0.2, 0.25) is 5.02 Å². The first kappa shape index (κ1) is 22.2. The van der Waals surface area contributed by atoms with Crippen LogP contribution in [0.4, 0.5) is 5.13 Å². The SMILES string of the molecule is Cc1ccc(C(=O)N(CCCN2CCOCC2)c2nc3c(C)c(Cl)ccc3s2)cc1C. The van der Waals surface area contributed by atoms with Crippen molar-refractivity contribution >= 4 is 44.2 Å². The topological polar surface area (TPSA) is 45.7 Å². The molecular formula is C24H28ClN3O2S. The van der Waals surface area contributed by atoms with E-state index in [4.69, 9.17) is 21.3 Å². The number of hydrogen-bond donors (Lipinski definition) is 0. The van der Waals surface area contributed by atoms with Gasteiger partial charge in [0.1, 0.15) is 0 Å². The fraction of sp³-hybridized carbons (Fsp3) is 0.417. The molecule has 1 aliphatic heterocycles. The maximum atomic E-state index is 13.6. The van der Waals surface area contributed by atoms with Crippen molar-refractivity contribution in [1.29, 1.82) is 0 Å². The van der Waals surface area contributed by atoms with Gasteiger partial charge in [-0.05, 0) is 68.1 Å². The van der Waals surface area contributed by atoms with Gasteiger partial charge in [-0.15, -0.1) is 0 Å². The minimum atomic E-state index is -0.00659. The largest absolute Gasteiger partial charge is 0.379 e. The maximum Gasteiger partial charge on any atom is 0.260 e. The van der Waals surface area contributed by atoms with Crippen LogP contribution in [-0.4, -0.2) is 55.2 Å². The van der Waals surface area contributed by atoms with Gasteiger partial charge in [0.05, 0.1) is 23.4 Å². The van der Waals surface area contributed by atoms with Gasteiger partial charge in [0, 0.05) is 36.8 Å². The fourth-order valence-electron chi connectivity index (χ4n) is 3.80. The number of carbonyl (C=O) groups excluding carboxylic acids is 1. The van der Waals surface area contributed by atoms with Gasteiger partial charge < -0.3 is 4.74 Å². The highest BCUT2D eigenvalue weighted by atomic mass is 35.5. The van der Waals surface area contributed by atoms with E-state index in [-0.39, 0.29) is 5.91 Å². The summed E-state index contributed by atoms with van der Waals surface area (Å²) in [6.07, 6.45) is 0.881. The summed E-state index contributed by atoms with van der Waals surface area (Å²) in [7, 11) is 0. The summed E-state index contributed by atoms with van der Waals surface area (Å²) >= 11 is 7.85. The molecule has 0 N–H and O–H groups in total. The van der Waals surface area contributed by atoms with Crippen LogP contribution >= 0.6 is 22.9 Å². The Morgan fingerprint density at radius 3 is 2.68 bits per heavy atom. The molecule has 5 nitrogen and oxygen atoms in total. The van der Waals surface area contributed by atoms with Crippen molar-refractivity contribution in [2.75, 3.05) is 44.3 Å². The Bertz CT molecular complexity index is 1090. The second-order valence-corrected chi connectivity index (χ2v) is 9.50. The van der Waals surface area contributed by atoms with Crippen molar-refractivity contribution in [3.63, 3.8) is 0 Å². The Labute approximate surface area is 192 Å². The number of amides is 1. The molecule has 164 valence electrons. The Kier molecular flexibility index (Phi) is 6.92. The minimum absolute atomic E-state index is 0.00659. The highest BCUT2D eigenvalue weighted by Gasteiger charge is 2.23. The molecule has 1 amide bonds. The molecule has 1 fully saturated rings. The van der Waals surface area contributed by atoms with Gasteiger partial charge in [-0.3, -0.25) is 14.6 Å². The summed E-state index contributed by atoms with van der Waals surface area (Å²) in [5.41, 5.74) is 4.82. The number of benzene rings is 2. The van der Waals surface area contributed by atoms with Crippen LogP contribution in [-0.2, 0) is 4.74 Å². The Hall–Kier alpha value is -1.99. The van der Waals surface area contributed by atoms with E-state index in [9.17, 15) is 4.79 Å². The number of morpholine rings is 1. The van der Waals surface area contributed by atoms with E-state index in [0.717, 1.165) is 65.7 Å². The highest BCUT2D eigenvalue weighted by Crippen LogP contribution is 2.34. The number of carbonyl (C=O) groups is 1. The molecule has 2 heterocycles. The average molecular weight is 458 g/mol. The number of aromatic nitrogens is 1. The van der Waals surface area contributed by atoms with Crippen LogP contribution in [0.25, 0.3) is 10.2 Å². The van der Waals surface area contributed by atoms with Gasteiger partial charge in [0.2, 0.25) is 0 Å². The van der Waals surface area contributed by atoms with Gasteiger partial charge in [-0.2, -0.15) is 0 Å². The van der Waals surface area contributed by atoms with Crippen molar-refractivity contribution in [3.8, 4) is 0 Å². The molecule has 2 aromatic carbocycles. The Morgan fingerprint density at radius 1 is 1.16 bits per heavy atom. The van der Waals surface area contributed by atoms with Crippen molar-refractivity contribution in [2.45, 2.75) is 27.2 Å². The maximum absolute atomic E-state index is 13.6. The molecular weight excluding hydrogens is 430 g/mol. The van der Waals surface area contributed by atoms with Crippen LogP contribution in [0, 0.1) is 20.8 Å². The third kappa shape index (κ3) is 4.93. The van der Waals surface area contributed by atoms with E-state index in [1.54, 1.807) is 11.3 Å². The number of thiazole rings is 1. The van der Waals surface area contributed by atoms with Gasteiger partial charge >= 0.3 is 0 Å². The molecule has 1 saturated heterocycles. The van der Waals surface area contributed by atoms with E-state index in [2.05, 4.69) is 11.8 Å². The predicted molar refractivity (Wildman–Crippen MR) is 129 cm³/mol. The number of halogens is 1. The van der Waals surface area contributed by atoms with Gasteiger partial charge in [-0.1, -0.05) is 29.0 Å². The van der Waals surface area contributed by atoms with E-state index in [0.29, 0.717) is 17.1 Å². The lowest BCUT2D eigenvalue weighted by Crippen LogP contribution is -2.39. The number of rotatable bonds is 6. The van der Waals surface area contributed by atoms with E-state index >= 15 is 0 Å². The summed E-state index contributed by atoms with van der Waals surface area (Å²) < 4.78 is 6.49. The summed E-state index contributed by atoms with van der Waals surface area (Å²) in [5, 5.41) is 1.43. The van der Waals surface area contributed by atoms with Crippen LogP contribution in [0.1, 0.15) is 33.5 Å². The molecule has 31 heavy (non-hydrogen) atoms. The lowest BCUT2D eigenvalue weighted by molar-refractivity contribution is 0.0376. The molecule has 0 bridgehead atoms. The lowest BCUT2D eigenvalue weighted by Gasteiger charge is -2.27. The van der Waals surface area contributed by atoms with E-state index in [1.807, 2.05) is 49.1 Å². The number of aryl methyl sites for hydroxylation is 3. The molecule has 7 heteroatoms. The monoisotopic (exact) mass is 457 g/mol. The molecule has 0 atom stereocenters. The lowest BCUT2D eigenvalue weighted by atomic mass is 10.1. The molecule has 4 rings (SSSR count). The zero-order valence-corrected chi connectivity index (χ0v) is 19.9. The molecule has 0 saturated carbocycles. The van der Waals surface area contributed by atoms with Crippen LogP contribution < -0.4 is 4.90 Å². The summed E-state index contributed by atoms with van der Waals surface area (Å²) in [6, 6.07) is 9.78. The first-order valence-electron chi connectivity index (χ1n) is 10.7. The van der Waals surface area contributed by atoms with Gasteiger partial charge in [-0.25, -0.2) is 4.98 Å². The van der Waals surface area contributed by atoms with E-state index < -0.39 is 0 Å². The van der Waals surface area contributed by atoms with Gasteiger partial charge in [0.25, 0.3) is 5.91 Å². The predicted octanol–water partition coefficient (Wildman–Crippen LogP) is 5.24. The number of anilines is 1. The zero-order chi connectivity index (χ0) is 22.0. The molecule has 0 unspecified atom stereocenters. The van der Waals surface area contributed by atoms with Crippen molar-refractivity contribution in [1.82, 2.24) is 9.88 Å². The number of nitrogens with zero attached hydrogens (tertiary/aromatic N) is 3. The Balaban J connectivity index is 1.62. The number of ether oxygens (including phenoxy) is 1. The first-order valence-corrected chi connectivity index (χ1v) is 11.9. The summed E-state index contributed by atoms with van der Waals surface area (Å²) in [6.45, 7) is 11.1. The normalized spacial score (nSPS) is 14.8. The molecule has 1 aliphatic rings. The standard InChI is InChI=1S/C24H28ClN3O2S/c1-16-5-6-19(15-17(16)2)23(29)28(10-4-9-27-11-13-30-14-12-27)24-26-22-18(3)20(25)7-8-21(22)31-24/h5-8,15H,4,9-14H2,1-3H3. The first-order chi connectivity index (χ1) is 14.9. The van der Waals surface area contributed by atoms with Crippen LogP contribution in [0.15, 0.2) is 30.3 Å². The molecule has 0 aliphatic carbocycles. The summed E-state index contributed by atoms with van der Waals surface area (Å²) in [4.78, 5) is 22.6. The van der Waals surface area contributed by atoms with Crippen LogP contribution in [0.5, 0.6) is 0 Å². The Morgan fingerprint density at radius 2 is 1.94 bits per heavy atom. The van der Waals surface area contributed by atoms with Crippen molar-refractivity contribution in [3.05, 3.63) is 57.6 Å². The van der Waals surface area contributed by atoms with Gasteiger partial charge in [0.15, 0.2) is 5.13 Å². The minimum Gasteiger partial charge on any atom is -0.379 e. The fourth-order valence-corrected chi connectivity index (χ4v) is 5.00. The second-order valence-electron chi connectivity index (χ2n) is 8.08. The quantitative estimate of drug-likeness (QED) is 0.507. The summed E-state index contributed by atoms with van der Waals surface area (Å²) in [5.74, 6) is -0.00659. The molecule has 1 aromatic heterocycles. The highest BCUT2D eigenvalue weighted by molar-refractivity contribution is 7.22. The van der Waals surface area contributed by atoms with Crippen molar-refractivity contribution < 1.29 is 9.53 Å². The molecule has 3 aromatic rings. The van der Waals surface area contributed by atoms with Crippen molar-refractivity contribution in [2.24, 2.45) is 0 Å². The van der Waals surface area contributed by atoms with E-state index in [1.165, 1.54) is 5.56 Å². The third-order valence-electron chi connectivity index (χ3n) is 5.93. The number of hydrogen-bond acceptors (Lipinski definition) is 5. The molecule has 0 spiro atoms. The smallest absolute Gasteiger partial charge is 0.260 e. The average Bonchev–Trinajstić information content (AvgIpc) is 3.21.